The first-order valence-electron chi connectivity index (χ1n) is 11.0. The van der Waals surface area contributed by atoms with Crippen LogP contribution in [0.3, 0.4) is 0 Å². The summed E-state index contributed by atoms with van der Waals surface area (Å²) >= 11 is 0. The van der Waals surface area contributed by atoms with Gasteiger partial charge >= 0.3 is 0 Å². The Morgan fingerprint density at radius 2 is 1.84 bits per heavy atom. The van der Waals surface area contributed by atoms with Gasteiger partial charge in [0.1, 0.15) is 6.17 Å². The third-order valence-electron chi connectivity index (χ3n) is 5.64. The average Bonchev–Trinajstić information content (AvgIpc) is 3.23. The van der Waals surface area contributed by atoms with Crippen LogP contribution in [0.1, 0.15) is 48.4 Å². The predicted molar refractivity (Wildman–Crippen MR) is 122 cm³/mol. The summed E-state index contributed by atoms with van der Waals surface area (Å²) in [5.41, 5.74) is 4.35. The Balaban J connectivity index is 1.66. The Hall–Kier alpha value is -3.13. The number of nitrogens with zero attached hydrogens (tertiary/aromatic N) is 5. The Labute approximate surface area is 187 Å². The van der Waals surface area contributed by atoms with Crippen LogP contribution < -0.4 is 5.32 Å². The number of halogens is 1. The fourth-order valence-corrected chi connectivity index (χ4v) is 3.91. The van der Waals surface area contributed by atoms with Crippen molar-refractivity contribution in [2.75, 3.05) is 19.6 Å². The lowest BCUT2D eigenvalue weighted by molar-refractivity contribution is 0.0571. The zero-order valence-electron chi connectivity index (χ0n) is 18.9. The van der Waals surface area contributed by atoms with Crippen LogP contribution in [-0.2, 0) is 0 Å². The molecular formula is C24H29FN6O. The number of rotatable bonds is 7. The second-order valence-corrected chi connectivity index (χ2v) is 8.93. The fraction of sp³-hybridized carbons (Fsp3) is 0.417. The van der Waals surface area contributed by atoms with Crippen molar-refractivity contribution in [3.63, 3.8) is 0 Å². The molecule has 0 unspecified atom stereocenters. The molecule has 0 saturated carbocycles. The fourth-order valence-electron chi connectivity index (χ4n) is 3.91. The molecule has 1 atom stereocenters. The Kier molecular flexibility index (Phi) is 6.32. The summed E-state index contributed by atoms with van der Waals surface area (Å²) in [7, 11) is 0. The first-order valence-corrected chi connectivity index (χ1v) is 11.0. The second kappa shape index (κ2) is 9.16. The number of carbonyl (C=O) groups is 1. The van der Waals surface area contributed by atoms with Crippen LogP contribution in [-0.4, -0.2) is 62.9 Å². The lowest BCUT2D eigenvalue weighted by Crippen LogP contribution is -2.53. The van der Waals surface area contributed by atoms with Crippen LogP contribution in [0.5, 0.6) is 0 Å². The number of amides is 1. The lowest BCUT2D eigenvalue weighted by Gasteiger charge is -2.36. The van der Waals surface area contributed by atoms with Gasteiger partial charge in [-0.3, -0.25) is 9.69 Å². The highest BCUT2D eigenvalue weighted by atomic mass is 19.1. The van der Waals surface area contributed by atoms with E-state index in [0.717, 1.165) is 22.6 Å². The largest absolute Gasteiger partial charge is 0.348 e. The van der Waals surface area contributed by atoms with Gasteiger partial charge in [-0.05, 0) is 53.6 Å². The second-order valence-electron chi connectivity index (χ2n) is 8.93. The Morgan fingerprint density at radius 1 is 1.12 bits per heavy atom. The van der Waals surface area contributed by atoms with Crippen LogP contribution in [0, 0.1) is 6.92 Å². The number of nitrogens with one attached hydrogen (secondary N) is 1. The van der Waals surface area contributed by atoms with E-state index in [1.165, 1.54) is 5.56 Å². The molecule has 7 nitrogen and oxygen atoms in total. The van der Waals surface area contributed by atoms with E-state index in [2.05, 4.69) is 20.8 Å². The lowest BCUT2D eigenvalue weighted by atomic mass is 10.00. The standard InChI is InChI=1S/C24H29FN6O/c1-15(2)23-27-28-29-31(23)22-10-19(18-7-5-16(3)6-8-18)9-20(11-22)24(32)26-17(4)12-30-13-21(25)14-30/h5-11,15,17,21H,12-14H2,1-4H3,(H,26,32)/t17-/m1/s1. The van der Waals surface area contributed by atoms with Crippen molar-refractivity contribution in [2.45, 2.75) is 45.8 Å². The topological polar surface area (TPSA) is 75.9 Å². The smallest absolute Gasteiger partial charge is 0.251 e. The third kappa shape index (κ3) is 4.85. The quantitative estimate of drug-likeness (QED) is 0.613. The summed E-state index contributed by atoms with van der Waals surface area (Å²) in [6, 6.07) is 13.8. The summed E-state index contributed by atoms with van der Waals surface area (Å²) in [6.07, 6.45) is -0.752. The summed E-state index contributed by atoms with van der Waals surface area (Å²) in [5, 5.41) is 15.2. The van der Waals surface area contributed by atoms with Gasteiger partial charge in [0, 0.05) is 37.2 Å². The van der Waals surface area contributed by atoms with Gasteiger partial charge in [-0.15, -0.1) is 5.10 Å². The van der Waals surface area contributed by atoms with Gasteiger partial charge in [0.25, 0.3) is 5.91 Å². The average molecular weight is 437 g/mol. The van der Waals surface area contributed by atoms with Crippen LogP contribution in [0.2, 0.25) is 0 Å². The molecule has 0 aliphatic carbocycles. The summed E-state index contributed by atoms with van der Waals surface area (Å²) in [5.74, 6) is 0.676. The molecule has 1 N–H and O–H groups in total. The first-order chi connectivity index (χ1) is 15.3. The minimum atomic E-state index is -0.752. The van der Waals surface area contributed by atoms with Crippen LogP contribution in [0.4, 0.5) is 4.39 Å². The maximum atomic E-state index is 13.1. The van der Waals surface area contributed by atoms with E-state index < -0.39 is 6.17 Å². The van der Waals surface area contributed by atoms with Gasteiger partial charge in [0.15, 0.2) is 5.82 Å². The predicted octanol–water partition coefficient (Wildman–Crippen LogP) is 3.53. The zero-order chi connectivity index (χ0) is 22.8. The van der Waals surface area contributed by atoms with Crippen molar-refractivity contribution in [1.29, 1.82) is 0 Å². The number of aryl methyl sites for hydroxylation is 1. The number of aromatic nitrogens is 4. The number of carbonyl (C=O) groups excluding carboxylic acids is 1. The monoisotopic (exact) mass is 436 g/mol. The molecule has 3 aromatic rings. The summed E-state index contributed by atoms with van der Waals surface area (Å²) in [6.45, 7) is 9.53. The van der Waals surface area contributed by atoms with E-state index >= 15 is 0 Å². The molecule has 1 amide bonds. The van der Waals surface area contributed by atoms with E-state index in [-0.39, 0.29) is 17.9 Å². The van der Waals surface area contributed by atoms with E-state index in [4.69, 9.17) is 0 Å². The van der Waals surface area contributed by atoms with Gasteiger partial charge in [-0.25, -0.2) is 4.39 Å². The highest BCUT2D eigenvalue weighted by molar-refractivity contribution is 5.96. The molecule has 1 saturated heterocycles. The number of alkyl halides is 1. The summed E-state index contributed by atoms with van der Waals surface area (Å²) in [4.78, 5) is 15.1. The molecule has 2 aromatic carbocycles. The highest BCUT2D eigenvalue weighted by Crippen LogP contribution is 2.26. The molecular weight excluding hydrogens is 407 g/mol. The van der Waals surface area contributed by atoms with Gasteiger partial charge in [-0.1, -0.05) is 43.7 Å². The third-order valence-corrected chi connectivity index (χ3v) is 5.64. The SMILES string of the molecule is Cc1ccc(-c2cc(C(=O)N[C@H](C)CN3CC(F)C3)cc(-n3nnnc3C(C)C)c2)cc1. The van der Waals surface area contributed by atoms with Crippen molar-refractivity contribution in [3.05, 3.63) is 59.4 Å². The van der Waals surface area contributed by atoms with Crippen molar-refractivity contribution in [2.24, 2.45) is 0 Å². The molecule has 2 heterocycles. The molecule has 1 aromatic heterocycles. The van der Waals surface area contributed by atoms with Crippen molar-refractivity contribution in [3.8, 4) is 16.8 Å². The molecule has 0 radical (unpaired) electrons. The summed E-state index contributed by atoms with van der Waals surface area (Å²) < 4.78 is 14.8. The molecule has 32 heavy (non-hydrogen) atoms. The normalized spacial score (nSPS) is 15.6. The highest BCUT2D eigenvalue weighted by Gasteiger charge is 2.27. The Morgan fingerprint density at radius 3 is 2.50 bits per heavy atom. The van der Waals surface area contributed by atoms with Gasteiger partial charge in [0.05, 0.1) is 5.69 Å². The van der Waals surface area contributed by atoms with Crippen molar-refractivity contribution < 1.29 is 9.18 Å². The van der Waals surface area contributed by atoms with Crippen molar-refractivity contribution in [1.82, 2.24) is 30.4 Å². The number of likely N-dealkylation sites (tertiary alicyclic amines) is 1. The number of benzene rings is 2. The van der Waals surface area contributed by atoms with Crippen LogP contribution >= 0.6 is 0 Å². The molecule has 1 aliphatic rings. The number of hydrogen-bond acceptors (Lipinski definition) is 5. The van der Waals surface area contributed by atoms with E-state index in [0.29, 0.717) is 25.2 Å². The van der Waals surface area contributed by atoms with E-state index in [9.17, 15) is 9.18 Å². The van der Waals surface area contributed by atoms with Crippen LogP contribution in [0.25, 0.3) is 16.8 Å². The van der Waals surface area contributed by atoms with Gasteiger partial charge < -0.3 is 5.32 Å². The Bertz CT molecular complexity index is 1090. The van der Waals surface area contributed by atoms with Crippen molar-refractivity contribution >= 4 is 5.91 Å². The maximum Gasteiger partial charge on any atom is 0.251 e. The molecule has 8 heteroatoms. The first kappa shape index (κ1) is 22.1. The molecule has 0 spiro atoms. The molecule has 1 aliphatic heterocycles. The van der Waals surface area contributed by atoms with E-state index in [1.54, 1.807) is 4.68 Å². The van der Waals surface area contributed by atoms with Gasteiger partial charge in [-0.2, -0.15) is 4.68 Å². The minimum Gasteiger partial charge on any atom is -0.348 e. The molecule has 4 rings (SSSR count). The molecule has 0 bridgehead atoms. The zero-order valence-corrected chi connectivity index (χ0v) is 18.9. The van der Waals surface area contributed by atoms with Crippen LogP contribution in [0.15, 0.2) is 42.5 Å². The molecule has 1 fully saturated rings. The molecule has 168 valence electrons. The van der Waals surface area contributed by atoms with E-state index in [1.807, 2.05) is 75.1 Å². The maximum absolute atomic E-state index is 13.1. The number of hydrogen-bond donors (Lipinski definition) is 1. The minimum absolute atomic E-state index is 0.0965. The van der Waals surface area contributed by atoms with Gasteiger partial charge in [0.2, 0.25) is 0 Å². The number of tetrazole rings is 1.